The van der Waals surface area contributed by atoms with Crippen LogP contribution in [0.4, 0.5) is 0 Å². The predicted molar refractivity (Wildman–Crippen MR) is 120 cm³/mol. The van der Waals surface area contributed by atoms with Crippen molar-refractivity contribution in [2.75, 3.05) is 0 Å². The van der Waals surface area contributed by atoms with Crippen LogP contribution in [0.5, 0.6) is 0 Å². The molecule has 0 aliphatic carbocycles. The van der Waals surface area contributed by atoms with Crippen molar-refractivity contribution in [1.29, 1.82) is 0 Å². The molecule has 132 valence electrons. The number of hydrogen-bond acceptors (Lipinski definition) is 0. The first-order valence-electron chi connectivity index (χ1n) is 9.62. The molecule has 0 aliphatic heterocycles. The number of rotatable bonds is 3. The fourth-order valence-corrected chi connectivity index (χ4v) is 3.72. The largest absolute Gasteiger partial charge is 0.0622 e. The Kier molecular flexibility index (Phi) is 4.23. The molecule has 0 radical (unpaired) electrons. The van der Waals surface area contributed by atoms with E-state index in [0.717, 1.165) is 0 Å². The van der Waals surface area contributed by atoms with Crippen LogP contribution in [0.15, 0.2) is 121 Å². The minimum atomic E-state index is 1.24. The van der Waals surface area contributed by atoms with Gasteiger partial charge < -0.3 is 0 Å². The Morgan fingerprint density at radius 3 is 1.04 bits per heavy atom. The Balaban J connectivity index is 1.48. The fourth-order valence-electron chi connectivity index (χ4n) is 3.72. The lowest BCUT2D eigenvalue weighted by atomic mass is 9.96. The monoisotopic (exact) mass is 356 g/mol. The molecule has 0 bridgehead atoms. The molecular weight excluding hydrogens is 336 g/mol. The third-order valence-electron chi connectivity index (χ3n) is 5.27. The van der Waals surface area contributed by atoms with Crippen molar-refractivity contribution < 1.29 is 0 Å². The standard InChI is InChI=1S/C28H20/c1-3-7-21(8-4-1)23-11-13-24(14-12-23)26-16-18-27-19-25(15-17-28(27)20-26)22-9-5-2-6-10-22/h1-20H. The number of hydrogen-bond donors (Lipinski definition) is 0. The zero-order valence-electron chi connectivity index (χ0n) is 15.5. The molecule has 0 fully saturated rings. The summed E-state index contributed by atoms with van der Waals surface area (Å²) in [6.07, 6.45) is 0. The van der Waals surface area contributed by atoms with Crippen LogP contribution in [0.2, 0.25) is 0 Å². The second-order valence-electron chi connectivity index (χ2n) is 7.09. The second-order valence-corrected chi connectivity index (χ2v) is 7.09. The first-order valence-corrected chi connectivity index (χ1v) is 9.62. The minimum Gasteiger partial charge on any atom is -0.0622 e. The quantitative estimate of drug-likeness (QED) is 0.309. The summed E-state index contributed by atoms with van der Waals surface area (Å²) in [6, 6.07) is 43.3. The van der Waals surface area contributed by atoms with E-state index < -0.39 is 0 Å². The van der Waals surface area contributed by atoms with E-state index in [1.54, 1.807) is 0 Å². The summed E-state index contributed by atoms with van der Waals surface area (Å²) >= 11 is 0. The van der Waals surface area contributed by atoms with Crippen molar-refractivity contribution in [3.8, 4) is 33.4 Å². The third kappa shape index (κ3) is 3.21. The van der Waals surface area contributed by atoms with Gasteiger partial charge >= 0.3 is 0 Å². The molecule has 0 unspecified atom stereocenters. The topological polar surface area (TPSA) is 0 Å². The molecule has 5 aromatic carbocycles. The maximum atomic E-state index is 2.28. The average molecular weight is 356 g/mol. The highest BCUT2D eigenvalue weighted by atomic mass is 14.1. The first kappa shape index (κ1) is 16.5. The Hall–Kier alpha value is -3.64. The van der Waals surface area contributed by atoms with Gasteiger partial charge in [0.2, 0.25) is 0 Å². The van der Waals surface area contributed by atoms with Gasteiger partial charge in [0, 0.05) is 0 Å². The highest BCUT2D eigenvalue weighted by Gasteiger charge is 2.04. The average Bonchev–Trinajstić information content (AvgIpc) is 2.80. The van der Waals surface area contributed by atoms with E-state index in [4.69, 9.17) is 0 Å². The zero-order chi connectivity index (χ0) is 18.8. The minimum absolute atomic E-state index is 1.24. The lowest BCUT2D eigenvalue weighted by Crippen LogP contribution is -1.82. The molecule has 0 nitrogen and oxygen atoms in total. The van der Waals surface area contributed by atoms with Crippen LogP contribution < -0.4 is 0 Å². The zero-order valence-corrected chi connectivity index (χ0v) is 15.5. The predicted octanol–water partition coefficient (Wildman–Crippen LogP) is 7.84. The lowest BCUT2D eigenvalue weighted by Gasteiger charge is -2.08. The van der Waals surface area contributed by atoms with Crippen molar-refractivity contribution in [2.24, 2.45) is 0 Å². The smallest absolute Gasteiger partial charge is 0.0177 e. The van der Waals surface area contributed by atoms with E-state index in [1.807, 2.05) is 0 Å². The van der Waals surface area contributed by atoms with E-state index in [9.17, 15) is 0 Å². The highest BCUT2D eigenvalue weighted by Crippen LogP contribution is 2.29. The maximum absolute atomic E-state index is 2.28. The van der Waals surface area contributed by atoms with Gasteiger partial charge in [0.25, 0.3) is 0 Å². The summed E-state index contributed by atoms with van der Waals surface area (Å²) in [5.74, 6) is 0. The number of benzene rings is 5. The van der Waals surface area contributed by atoms with E-state index in [0.29, 0.717) is 0 Å². The Morgan fingerprint density at radius 1 is 0.250 bits per heavy atom. The van der Waals surface area contributed by atoms with Crippen LogP contribution in [0.25, 0.3) is 44.2 Å². The van der Waals surface area contributed by atoms with Crippen molar-refractivity contribution >= 4 is 10.8 Å². The van der Waals surface area contributed by atoms with E-state index >= 15 is 0 Å². The third-order valence-corrected chi connectivity index (χ3v) is 5.27. The first-order chi connectivity index (χ1) is 13.9. The molecule has 0 N–H and O–H groups in total. The van der Waals surface area contributed by atoms with Gasteiger partial charge in [-0.1, -0.05) is 109 Å². The van der Waals surface area contributed by atoms with E-state index in [-0.39, 0.29) is 0 Å². The summed E-state index contributed by atoms with van der Waals surface area (Å²) in [7, 11) is 0. The van der Waals surface area contributed by atoms with Gasteiger partial charge in [0.15, 0.2) is 0 Å². The fraction of sp³-hybridized carbons (Fsp3) is 0. The molecule has 28 heavy (non-hydrogen) atoms. The molecule has 0 heterocycles. The molecular formula is C28H20. The molecule has 0 spiro atoms. The van der Waals surface area contributed by atoms with Crippen molar-refractivity contribution in [3.05, 3.63) is 121 Å². The van der Waals surface area contributed by atoms with Gasteiger partial charge in [-0.15, -0.1) is 0 Å². The molecule has 0 aliphatic rings. The van der Waals surface area contributed by atoms with E-state index in [2.05, 4.69) is 121 Å². The lowest BCUT2D eigenvalue weighted by molar-refractivity contribution is 1.60. The van der Waals surface area contributed by atoms with Gasteiger partial charge in [0.1, 0.15) is 0 Å². The normalized spacial score (nSPS) is 10.9. The molecule has 0 atom stereocenters. The molecule has 0 heteroatoms. The van der Waals surface area contributed by atoms with Gasteiger partial charge in [-0.25, -0.2) is 0 Å². The molecule has 0 aromatic heterocycles. The van der Waals surface area contributed by atoms with E-state index in [1.165, 1.54) is 44.2 Å². The van der Waals surface area contributed by atoms with Crippen LogP contribution in [-0.4, -0.2) is 0 Å². The summed E-state index contributed by atoms with van der Waals surface area (Å²) in [5.41, 5.74) is 7.50. The van der Waals surface area contributed by atoms with Crippen LogP contribution in [-0.2, 0) is 0 Å². The van der Waals surface area contributed by atoms with Crippen molar-refractivity contribution in [2.45, 2.75) is 0 Å². The van der Waals surface area contributed by atoms with Crippen molar-refractivity contribution in [1.82, 2.24) is 0 Å². The summed E-state index contributed by atoms with van der Waals surface area (Å²) in [6.45, 7) is 0. The van der Waals surface area contributed by atoms with Crippen LogP contribution in [0.1, 0.15) is 0 Å². The summed E-state index contributed by atoms with van der Waals surface area (Å²) in [5, 5.41) is 2.54. The van der Waals surface area contributed by atoms with Crippen LogP contribution >= 0.6 is 0 Å². The highest BCUT2D eigenvalue weighted by molar-refractivity contribution is 5.91. The summed E-state index contributed by atoms with van der Waals surface area (Å²) in [4.78, 5) is 0. The van der Waals surface area contributed by atoms with Crippen LogP contribution in [0, 0.1) is 0 Å². The van der Waals surface area contributed by atoms with Gasteiger partial charge in [-0.05, 0) is 56.3 Å². The Labute approximate surface area is 165 Å². The molecule has 5 aromatic rings. The maximum Gasteiger partial charge on any atom is -0.0177 e. The summed E-state index contributed by atoms with van der Waals surface area (Å²) < 4.78 is 0. The van der Waals surface area contributed by atoms with Gasteiger partial charge in [0.05, 0.1) is 0 Å². The van der Waals surface area contributed by atoms with Gasteiger partial charge in [-0.2, -0.15) is 0 Å². The van der Waals surface area contributed by atoms with Crippen LogP contribution in [0.3, 0.4) is 0 Å². The Bertz CT molecular complexity index is 1220. The molecule has 0 amide bonds. The Morgan fingerprint density at radius 2 is 0.571 bits per heavy atom. The SMILES string of the molecule is c1ccc(-c2ccc(-c3ccc4cc(-c5ccccc5)ccc4c3)cc2)cc1. The molecule has 5 rings (SSSR count). The second kappa shape index (κ2) is 7.17. The molecule has 0 saturated heterocycles. The van der Waals surface area contributed by atoms with Crippen molar-refractivity contribution in [3.63, 3.8) is 0 Å². The molecule has 0 saturated carbocycles. The van der Waals surface area contributed by atoms with Gasteiger partial charge in [-0.3, -0.25) is 0 Å². The number of fused-ring (bicyclic) bond motifs is 1.